The monoisotopic (exact) mass is 207 g/mol. The molecular weight excluding hydrogens is 189 g/mol. The fourth-order valence-corrected chi connectivity index (χ4v) is 1.98. The SMILES string of the molecule is CC(C)NCC1CC1c1ccc(F)cc1. The molecular formula is C13H18FN. The summed E-state index contributed by atoms with van der Waals surface area (Å²) < 4.78 is 12.7. The van der Waals surface area contributed by atoms with E-state index in [0.29, 0.717) is 12.0 Å². The predicted molar refractivity (Wildman–Crippen MR) is 60.4 cm³/mol. The van der Waals surface area contributed by atoms with E-state index in [4.69, 9.17) is 0 Å². The van der Waals surface area contributed by atoms with Gasteiger partial charge in [-0.1, -0.05) is 26.0 Å². The van der Waals surface area contributed by atoms with Gasteiger partial charge < -0.3 is 5.32 Å². The van der Waals surface area contributed by atoms with Gasteiger partial charge in [-0.2, -0.15) is 0 Å². The van der Waals surface area contributed by atoms with E-state index in [1.807, 2.05) is 12.1 Å². The first-order valence-electron chi connectivity index (χ1n) is 5.65. The Morgan fingerprint density at radius 1 is 1.33 bits per heavy atom. The Labute approximate surface area is 90.7 Å². The van der Waals surface area contributed by atoms with Crippen molar-refractivity contribution < 1.29 is 4.39 Å². The second kappa shape index (κ2) is 4.31. The summed E-state index contributed by atoms with van der Waals surface area (Å²) in [5.74, 6) is 1.26. The molecule has 0 radical (unpaired) electrons. The summed E-state index contributed by atoms with van der Waals surface area (Å²) in [4.78, 5) is 0. The van der Waals surface area contributed by atoms with Crippen LogP contribution in [-0.4, -0.2) is 12.6 Å². The summed E-state index contributed by atoms with van der Waals surface area (Å²) in [7, 11) is 0. The summed E-state index contributed by atoms with van der Waals surface area (Å²) in [6.45, 7) is 5.41. The molecule has 1 nitrogen and oxygen atoms in total. The molecule has 1 fully saturated rings. The third-order valence-electron chi connectivity index (χ3n) is 3.01. The van der Waals surface area contributed by atoms with Crippen molar-refractivity contribution in [1.82, 2.24) is 5.32 Å². The highest BCUT2D eigenvalue weighted by Gasteiger charge is 2.37. The van der Waals surface area contributed by atoms with Crippen molar-refractivity contribution in [2.24, 2.45) is 5.92 Å². The largest absolute Gasteiger partial charge is 0.314 e. The highest BCUT2D eigenvalue weighted by Crippen LogP contribution is 2.46. The number of rotatable bonds is 4. The van der Waals surface area contributed by atoms with Crippen molar-refractivity contribution in [3.63, 3.8) is 0 Å². The molecule has 2 unspecified atom stereocenters. The van der Waals surface area contributed by atoms with Crippen LogP contribution < -0.4 is 5.32 Å². The number of hydrogen-bond acceptors (Lipinski definition) is 1. The summed E-state index contributed by atoms with van der Waals surface area (Å²) in [6, 6.07) is 7.49. The molecule has 2 rings (SSSR count). The van der Waals surface area contributed by atoms with E-state index in [0.717, 1.165) is 12.5 Å². The first kappa shape index (κ1) is 10.6. The average molecular weight is 207 g/mol. The van der Waals surface area contributed by atoms with Gasteiger partial charge in [-0.3, -0.25) is 0 Å². The first-order valence-corrected chi connectivity index (χ1v) is 5.65. The summed E-state index contributed by atoms with van der Waals surface area (Å²) >= 11 is 0. The van der Waals surface area contributed by atoms with Crippen LogP contribution in [0.15, 0.2) is 24.3 Å². The maximum atomic E-state index is 12.7. The molecule has 0 saturated heterocycles. The Morgan fingerprint density at radius 3 is 2.60 bits per heavy atom. The Hall–Kier alpha value is -0.890. The third kappa shape index (κ3) is 2.78. The molecule has 0 bridgehead atoms. The van der Waals surface area contributed by atoms with E-state index in [1.54, 1.807) is 12.1 Å². The Bertz CT molecular complexity index is 318. The van der Waals surface area contributed by atoms with Crippen LogP contribution >= 0.6 is 0 Å². The number of nitrogens with one attached hydrogen (secondary N) is 1. The van der Waals surface area contributed by atoms with Crippen LogP contribution in [0.3, 0.4) is 0 Å². The maximum absolute atomic E-state index is 12.7. The molecule has 1 N–H and O–H groups in total. The van der Waals surface area contributed by atoms with E-state index in [1.165, 1.54) is 12.0 Å². The minimum atomic E-state index is -0.142. The van der Waals surface area contributed by atoms with Gasteiger partial charge in [0, 0.05) is 6.04 Å². The zero-order valence-electron chi connectivity index (χ0n) is 9.33. The molecule has 0 spiro atoms. The van der Waals surface area contributed by atoms with Gasteiger partial charge >= 0.3 is 0 Å². The van der Waals surface area contributed by atoms with Crippen LogP contribution in [0, 0.1) is 11.7 Å². The number of benzene rings is 1. The van der Waals surface area contributed by atoms with Gasteiger partial charge in [0.25, 0.3) is 0 Å². The van der Waals surface area contributed by atoms with Crippen LogP contribution in [0.2, 0.25) is 0 Å². The third-order valence-corrected chi connectivity index (χ3v) is 3.01. The van der Waals surface area contributed by atoms with E-state index in [-0.39, 0.29) is 5.82 Å². The van der Waals surface area contributed by atoms with E-state index < -0.39 is 0 Å². The highest BCUT2D eigenvalue weighted by molar-refractivity contribution is 5.26. The van der Waals surface area contributed by atoms with Crippen molar-refractivity contribution in [3.05, 3.63) is 35.6 Å². The molecule has 1 saturated carbocycles. The summed E-state index contributed by atoms with van der Waals surface area (Å²) in [5.41, 5.74) is 1.28. The molecule has 1 aliphatic carbocycles. The lowest BCUT2D eigenvalue weighted by molar-refractivity contribution is 0.554. The maximum Gasteiger partial charge on any atom is 0.123 e. The molecule has 1 aromatic carbocycles. The molecule has 2 atom stereocenters. The normalized spacial score (nSPS) is 24.5. The predicted octanol–water partition coefficient (Wildman–Crippen LogP) is 2.93. The van der Waals surface area contributed by atoms with Gasteiger partial charge in [-0.25, -0.2) is 4.39 Å². The fourth-order valence-electron chi connectivity index (χ4n) is 1.98. The van der Waals surface area contributed by atoms with Crippen molar-refractivity contribution in [2.75, 3.05) is 6.54 Å². The van der Waals surface area contributed by atoms with Crippen molar-refractivity contribution >= 4 is 0 Å². The summed E-state index contributed by atoms with van der Waals surface area (Å²) in [6.07, 6.45) is 1.24. The van der Waals surface area contributed by atoms with Gasteiger partial charge in [-0.15, -0.1) is 0 Å². The second-order valence-electron chi connectivity index (χ2n) is 4.72. The zero-order chi connectivity index (χ0) is 10.8. The van der Waals surface area contributed by atoms with Crippen LogP contribution in [0.25, 0.3) is 0 Å². The van der Waals surface area contributed by atoms with Gasteiger partial charge in [0.2, 0.25) is 0 Å². The van der Waals surface area contributed by atoms with Gasteiger partial charge in [0.1, 0.15) is 5.82 Å². The highest BCUT2D eigenvalue weighted by atomic mass is 19.1. The second-order valence-corrected chi connectivity index (χ2v) is 4.72. The zero-order valence-corrected chi connectivity index (χ0v) is 9.33. The fraction of sp³-hybridized carbons (Fsp3) is 0.538. The van der Waals surface area contributed by atoms with Crippen LogP contribution in [-0.2, 0) is 0 Å². The molecule has 82 valence electrons. The van der Waals surface area contributed by atoms with Crippen LogP contribution in [0.1, 0.15) is 31.7 Å². The topological polar surface area (TPSA) is 12.0 Å². The molecule has 1 aliphatic rings. The molecule has 0 heterocycles. The smallest absolute Gasteiger partial charge is 0.123 e. The quantitative estimate of drug-likeness (QED) is 0.800. The lowest BCUT2D eigenvalue weighted by Crippen LogP contribution is -2.25. The van der Waals surface area contributed by atoms with Gasteiger partial charge in [0.05, 0.1) is 0 Å². The van der Waals surface area contributed by atoms with E-state index in [2.05, 4.69) is 19.2 Å². The minimum Gasteiger partial charge on any atom is -0.314 e. The lowest BCUT2D eigenvalue weighted by atomic mass is 10.1. The Kier molecular flexibility index (Phi) is 3.06. The van der Waals surface area contributed by atoms with Crippen molar-refractivity contribution in [1.29, 1.82) is 0 Å². The first-order chi connectivity index (χ1) is 7.16. The number of halogens is 1. The number of hydrogen-bond donors (Lipinski definition) is 1. The van der Waals surface area contributed by atoms with Crippen molar-refractivity contribution in [2.45, 2.75) is 32.2 Å². The van der Waals surface area contributed by atoms with Crippen LogP contribution in [0.4, 0.5) is 4.39 Å². The molecule has 0 amide bonds. The van der Waals surface area contributed by atoms with E-state index >= 15 is 0 Å². The van der Waals surface area contributed by atoms with Crippen LogP contribution in [0.5, 0.6) is 0 Å². The summed E-state index contributed by atoms with van der Waals surface area (Å²) in [5, 5.41) is 3.44. The molecule has 1 aromatic rings. The lowest BCUT2D eigenvalue weighted by Gasteiger charge is -2.07. The molecule has 0 aliphatic heterocycles. The average Bonchev–Trinajstić information content (AvgIpc) is 2.95. The Morgan fingerprint density at radius 2 is 2.00 bits per heavy atom. The Balaban J connectivity index is 1.85. The molecule has 0 aromatic heterocycles. The standard InChI is InChI=1S/C13H18FN/c1-9(2)15-8-11-7-13(11)10-3-5-12(14)6-4-10/h3-6,9,11,13,15H,7-8H2,1-2H3. The van der Waals surface area contributed by atoms with E-state index in [9.17, 15) is 4.39 Å². The minimum absolute atomic E-state index is 0.142. The van der Waals surface area contributed by atoms with Crippen molar-refractivity contribution in [3.8, 4) is 0 Å². The molecule has 2 heteroatoms. The molecule has 15 heavy (non-hydrogen) atoms. The van der Waals surface area contributed by atoms with Gasteiger partial charge in [-0.05, 0) is 42.5 Å². The van der Waals surface area contributed by atoms with Gasteiger partial charge in [0.15, 0.2) is 0 Å².